The Morgan fingerprint density at radius 2 is 1.48 bits per heavy atom. The van der Waals surface area contributed by atoms with E-state index < -0.39 is 0 Å². The van der Waals surface area contributed by atoms with Crippen LogP contribution in [0, 0.1) is 20.8 Å². The highest BCUT2D eigenvalue weighted by Gasteiger charge is 2.20. The van der Waals surface area contributed by atoms with E-state index in [4.69, 9.17) is 0 Å². The molecule has 2 aromatic heterocycles. The predicted molar refractivity (Wildman–Crippen MR) is 206 cm³/mol. The first-order chi connectivity index (χ1) is 21.7. The fourth-order valence-corrected chi connectivity index (χ4v) is 5.36. The van der Waals surface area contributed by atoms with Gasteiger partial charge in [0.25, 0.3) is 0 Å². The number of thioether (sulfide) groups is 1. The molecule has 1 atom stereocenters. The van der Waals surface area contributed by atoms with Crippen LogP contribution in [0.2, 0.25) is 0 Å². The Kier molecular flexibility index (Phi) is 26.5. The Bertz CT molecular complexity index is 1160. The molecule has 0 aliphatic carbocycles. The van der Waals surface area contributed by atoms with Gasteiger partial charge < -0.3 is 0 Å². The van der Waals surface area contributed by atoms with E-state index >= 15 is 0 Å². The first-order valence-corrected chi connectivity index (χ1v) is 18.3. The van der Waals surface area contributed by atoms with Crippen LogP contribution in [0.4, 0.5) is 0 Å². The molecule has 0 radical (unpaired) electrons. The number of Topliss-reactive ketones (excluding diaryl/α,β-unsaturated/α-hetero) is 1. The summed E-state index contributed by atoms with van der Waals surface area (Å²) in [6, 6.07) is 5.32. The molecule has 0 amide bonds. The minimum atomic E-state index is 0.0937. The highest BCUT2D eigenvalue weighted by molar-refractivity contribution is 8.17. The first kappa shape index (κ1) is 45.7. The van der Waals surface area contributed by atoms with Gasteiger partial charge in [-0.15, -0.1) is 0 Å². The first-order valence-electron chi connectivity index (χ1n) is 17.5. The summed E-state index contributed by atoms with van der Waals surface area (Å²) < 4.78 is 0. The minimum absolute atomic E-state index is 0.0937. The summed E-state index contributed by atoms with van der Waals surface area (Å²) in [6.07, 6.45) is 11.0. The van der Waals surface area contributed by atoms with Crippen molar-refractivity contribution in [1.29, 1.82) is 0 Å². The third kappa shape index (κ3) is 18.7. The molecule has 0 saturated heterocycles. The molecule has 46 heavy (non-hydrogen) atoms. The van der Waals surface area contributed by atoms with Crippen molar-refractivity contribution < 1.29 is 4.79 Å². The van der Waals surface area contributed by atoms with Crippen LogP contribution < -0.4 is 0 Å². The fourth-order valence-electron chi connectivity index (χ4n) is 4.73. The van der Waals surface area contributed by atoms with Crippen LogP contribution in [-0.4, -0.2) is 56.4 Å². The van der Waals surface area contributed by atoms with Crippen molar-refractivity contribution in [2.24, 2.45) is 4.99 Å². The number of aryl methyl sites for hydroxylation is 3. The average Bonchev–Trinajstić information content (AvgIpc) is 3.00. The number of allylic oxidation sites excluding steroid dienone is 1. The van der Waals surface area contributed by atoms with Crippen LogP contribution in [0.1, 0.15) is 166 Å². The van der Waals surface area contributed by atoms with Gasteiger partial charge in [0, 0.05) is 30.4 Å². The summed E-state index contributed by atoms with van der Waals surface area (Å²) in [5.41, 5.74) is 5.33. The molecule has 0 bridgehead atoms. The van der Waals surface area contributed by atoms with E-state index in [0.717, 1.165) is 56.1 Å². The summed E-state index contributed by atoms with van der Waals surface area (Å²) in [6.45, 7) is 34.4. The summed E-state index contributed by atoms with van der Waals surface area (Å²) >= 11 is 1.52. The number of hydrogen-bond acceptors (Lipinski definition) is 7. The lowest BCUT2D eigenvalue weighted by atomic mass is 10.0. The third-order valence-electron chi connectivity index (χ3n) is 7.23. The quantitative estimate of drug-likeness (QED) is 0.121. The van der Waals surface area contributed by atoms with Crippen LogP contribution in [0.3, 0.4) is 0 Å². The van der Waals surface area contributed by atoms with E-state index in [-0.39, 0.29) is 5.78 Å². The van der Waals surface area contributed by atoms with Gasteiger partial charge in [-0.2, -0.15) is 0 Å². The van der Waals surface area contributed by atoms with Gasteiger partial charge in [-0.05, 0) is 96.7 Å². The maximum atomic E-state index is 11.2. The molecule has 0 fully saturated rings. The van der Waals surface area contributed by atoms with E-state index in [9.17, 15) is 4.79 Å². The van der Waals surface area contributed by atoms with E-state index in [1.165, 1.54) is 63.3 Å². The number of carbonyl (C=O) groups excluding carboxylic acids is 1. The lowest BCUT2D eigenvalue weighted by molar-refractivity contribution is 0.101. The zero-order valence-corrected chi connectivity index (χ0v) is 33.2. The predicted octanol–water partition coefficient (Wildman–Crippen LogP) is 11.3. The Morgan fingerprint density at radius 3 is 1.87 bits per heavy atom. The van der Waals surface area contributed by atoms with Crippen molar-refractivity contribution in [1.82, 2.24) is 19.9 Å². The van der Waals surface area contributed by atoms with Crippen LogP contribution >= 0.6 is 11.8 Å². The van der Waals surface area contributed by atoms with E-state index in [1.54, 1.807) is 20.2 Å². The number of pyridine rings is 1. The van der Waals surface area contributed by atoms with Gasteiger partial charge in [0.15, 0.2) is 5.78 Å². The molecule has 2 heterocycles. The van der Waals surface area contributed by atoms with E-state index in [2.05, 4.69) is 79.9 Å². The summed E-state index contributed by atoms with van der Waals surface area (Å²) in [5, 5.41) is 0.859. The van der Waals surface area contributed by atoms with Crippen molar-refractivity contribution >= 4 is 22.6 Å². The molecule has 2 rings (SSSR count). The van der Waals surface area contributed by atoms with Gasteiger partial charge in [-0.1, -0.05) is 93.0 Å². The second kappa shape index (κ2) is 26.7. The van der Waals surface area contributed by atoms with Gasteiger partial charge in [-0.3, -0.25) is 24.7 Å². The lowest BCUT2D eigenvalue weighted by Crippen LogP contribution is -2.42. The standard InChI is InChI=1S/C14H31N.C11H15N3S.C11H15NO.C3H8/c1-6-10-14(11-7-2)15(12-8-3)13(5)9-4;1-7(2)15-11(12-5)10-6-13-8(3)9(4)14-10;1-7(2)11-10(9(4)13)6-5-8(3)12-11;1-3-2/h13-14H,6-12H2,1-5H3;6H,1H2,2-5H3;5-7H,1-4H3;3H2,1-2H3. The maximum Gasteiger partial charge on any atom is 0.161 e. The molecule has 0 N–H and O–H groups in total. The molecular formula is C39H69N5OS. The Balaban J connectivity index is 0. The van der Waals surface area contributed by atoms with Gasteiger partial charge in [0.2, 0.25) is 0 Å². The average molecular weight is 656 g/mol. The maximum absolute atomic E-state index is 11.2. The molecule has 262 valence electrons. The highest BCUT2D eigenvalue weighted by atomic mass is 32.2. The number of rotatable bonds is 13. The minimum Gasteiger partial charge on any atom is -0.298 e. The highest BCUT2D eigenvalue weighted by Crippen LogP contribution is 2.20. The van der Waals surface area contributed by atoms with Crippen LogP contribution in [0.5, 0.6) is 0 Å². The number of carbonyl (C=O) groups is 1. The number of aliphatic imine (C=N–C) groups is 1. The van der Waals surface area contributed by atoms with Crippen LogP contribution in [-0.2, 0) is 0 Å². The topological polar surface area (TPSA) is 71.3 Å². The molecule has 1 unspecified atom stereocenters. The van der Waals surface area contributed by atoms with Gasteiger partial charge in [-0.25, -0.2) is 4.98 Å². The number of ketones is 1. The van der Waals surface area contributed by atoms with Crippen molar-refractivity contribution in [3.63, 3.8) is 0 Å². The summed E-state index contributed by atoms with van der Waals surface area (Å²) in [4.78, 5) is 32.2. The van der Waals surface area contributed by atoms with E-state index in [1.807, 2.05) is 53.7 Å². The number of aromatic nitrogens is 3. The SMILES string of the molecule is C=C(C)SC(=NC)c1cnc(C)c(C)n1.CC(=O)c1ccc(C)nc1C(C)C.CCC.CCCC(CCC)N(CCC)C(C)CC. The zero-order valence-electron chi connectivity index (χ0n) is 32.4. The summed E-state index contributed by atoms with van der Waals surface area (Å²) in [7, 11) is 1.75. The normalized spacial score (nSPS) is 11.7. The second-order valence-corrected chi connectivity index (χ2v) is 13.6. The Morgan fingerprint density at radius 1 is 0.913 bits per heavy atom. The van der Waals surface area contributed by atoms with E-state index in [0.29, 0.717) is 5.92 Å². The van der Waals surface area contributed by atoms with Crippen LogP contribution in [0.25, 0.3) is 0 Å². The molecule has 0 saturated carbocycles. The van der Waals surface area contributed by atoms with Crippen molar-refractivity contribution in [2.45, 2.75) is 160 Å². The number of nitrogens with zero attached hydrogens (tertiary/aromatic N) is 5. The molecule has 0 aliphatic heterocycles. The second-order valence-electron chi connectivity index (χ2n) is 12.3. The molecule has 7 heteroatoms. The van der Waals surface area contributed by atoms with Crippen LogP contribution in [0.15, 0.2) is 34.8 Å². The molecule has 2 aromatic rings. The molecule has 0 aliphatic rings. The summed E-state index contributed by atoms with van der Waals surface area (Å²) in [5.74, 6) is 0.398. The Hall–Kier alpha value is -2.38. The lowest BCUT2D eigenvalue weighted by Gasteiger charge is -2.36. The van der Waals surface area contributed by atoms with Gasteiger partial charge in [0.1, 0.15) is 10.7 Å². The third-order valence-corrected chi connectivity index (χ3v) is 8.16. The largest absolute Gasteiger partial charge is 0.298 e. The smallest absolute Gasteiger partial charge is 0.161 e. The fraction of sp³-hybridized carbons (Fsp3) is 0.667. The monoisotopic (exact) mass is 656 g/mol. The van der Waals surface area contributed by atoms with Gasteiger partial charge in [0.05, 0.1) is 23.3 Å². The number of hydrogen-bond donors (Lipinski definition) is 0. The Labute approximate surface area is 288 Å². The van der Waals surface area contributed by atoms with Crippen molar-refractivity contribution in [3.05, 3.63) is 63.8 Å². The zero-order chi connectivity index (χ0) is 35.8. The molecule has 6 nitrogen and oxygen atoms in total. The van der Waals surface area contributed by atoms with Crippen molar-refractivity contribution in [2.75, 3.05) is 13.6 Å². The molecule has 0 aromatic carbocycles. The molecular weight excluding hydrogens is 587 g/mol. The van der Waals surface area contributed by atoms with Gasteiger partial charge >= 0.3 is 0 Å². The van der Waals surface area contributed by atoms with Crippen molar-refractivity contribution in [3.8, 4) is 0 Å². The molecule has 0 spiro atoms.